The maximum atomic E-state index is 12.2. The first-order chi connectivity index (χ1) is 9.74. The van der Waals surface area contributed by atoms with Gasteiger partial charge in [0.1, 0.15) is 0 Å². The van der Waals surface area contributed by atoms with E-state index in [4.69, 9.17) is 0 Å². The van der Waals surface area contributed by atoms with E-state index >= 15 is 0 Å². The predicted molar refractivity (Wildman–Crippen MR) is 83.6 cm³/mol. The lowest BCUT2D eigenvalue weighted by atomic mass is 10.0. The smallest absolute Gasteiger partial charge is 0.261 e. The SMILES string of the molecule is CC1CCCCN1CCNC(=O)c1cc2c(s1)CCC2. The third-order valence-corrected chi connectivity index (χ3v) is 5.83. The molecule has 2 aliphatic rings. The van der Waals surface area contributed by atoms with Crippen LogP contribution in [0.15, 0.2) is 6.07 Å². The topological polar surface area (TPSA) is 32.3 Å². The highest BCUT2D eigenvalue weighted by Crippen LogP contribution is 2.30. The number of carbonyl (C=O) groups is 1. The van der Waals surface area contributed by atoms with E-state index in [-0.39, 0.29) is 5.91 Å². The first kappa shape index (κ1) is 14.1. The van der Waals surface area contributed by atoms with Crippen LogP contribution in [0.4, 0.5) is 0 Å². The summed E-state index contributed by atoms with van der Waals surface area (Å²) in [6.07, 6.45) is 7.53. The van der Waals surface area contributed by atoms with Crippen molar-refractivity contribution in [3.63, 3.8) is 0 Å². The number of thiophene rings is 1. The number of hydrogen-bond acceptors (Lipinski definition) is 3. The Morgan fingerprint density at radius 3 is 3.10 bits per heavy atom. The molecule has 0 saturated carbocycles. The highest BCUT2D eigenvalue weighted by Gasteiger charge is 2.20. The molecule has 0 spiro atoms. The predicted octanol–water partition coefficient (Wildman–Crippen LogP) is 2.84. The summed E-state index contributed by atoms with van der Waals surface area (Å²) >= 11 is 1.69. The lowest BCUT2D eigenvalue weighted by Crippen LogP contribution is -2.42. The Kier molecular flexibility index (Phi) is 4.41. The van der Waals surface area contributed by atoms with Crippen molar-refractivity contribution in [1.82, 2.24) is 10.2 Å². The number of nitrogens with zero attached hydrogens (tertiary/aromatic N) is 1. The number of aryl methyl sites for hydroxylation is 2. The second kappa shape index (κ2) is 6.27. The molecule has 0 radical (unpaired) electrons. The van der Waals surface area contributed by atoms with Gasteiger partial charge in [-0.1, -0.05) is 6.42 Å². The molecule has 1 unspecified atom stereocenters. The molecule has 4 heteroatoms. The Morgan fingerprint density at radius 2 is 2.30 bits per heavy atom. The van der Waals surface area contributed by atoms with Gasteiger partial charge in [-0.15, -0.1) is 11.3 Å². The van der Waals surface area contributed by atoms with Crippen LogP contribution in [0.5, 0.6) is 0 Å². The molecule has 1 aliphatic carbocycles. The first-order valence-electron chi connectivity index (χ1n) is 7.88. The minimum atomic E-state index is 0.120. The number of amides is 1. The Hall–Kier alpha value is -0.870. The highest BCUT2D eigenvalue weighted by atomic mass is 32.1. The molecule has 1 saturated heterocycles. The van der Waals surface area contributed by atoms with Crippen LogP contribution in [0.1, 0.15) is 52.7 Å². The maximum Gasteiger partial charge on any atom is 0.261 e. The number of hydrogen-bond donors (Lipinski definition) is 1. The zero-order chi connectivity index (χ0) is 13.9. The van der Waals surface area contributed by atoms with E-state index in [2.05, 4.69) is 23.2 Å². The molecule has 1 aromatic rings. The Balaban J connectivity index is 1.47. The van der Waals surface area contributed by atoms with Crippen LogP contribution in [-0.4, -0.2) is 36.5 Å². The number of rotatable bonds is 4. The zero-order valence-electron chi connectivity index (χ0n) is 12.3. The molecule has 1 atom stereocenters. The highest BCUT2D eigenvalue weighted by molar-refractivity contribution is 7.14. The summed E-state index contributed by atoms with van der Waals surface area (Å²) in [6, 6.07) is 2.78. The number of likely N-dealkylation sites (tertiary alicyclic amines) is 1. The minimum Gasteiger partial charge on any atom is -0.350 e. The van der Waals surface area contributed by atoms with Gasteiger partial charge in [0.15, 0.2) is 0 Å². The summed E-state index contributed by atoms with van der Waals surface area (Å²) < 4.78 is 0. The molecule has 0 aromatic carbocycles. The van der Waals surface area contributed by atoms with Gasteiger partial charge in [0, 0.05) is 24.0 Å². The quantitative estimate of drug-likeness (QED) is 0.925. The normalized spacial score (nSPS) is 22.8. The summed E-state index contributed by atoms with van der Waals surface area (Å²) in [5.41, 5.74) is 1.41. The van der Waals surface area contributed by atoms with Crippen LogP contribution in [0.25, 0.3) is 0 Å². The fourth-order valence-electron chi connectivity index (χ4n) is 3.33. The van der Waals surface area contributed by atoms with E-state index in [9.17, 15) is 4.79 Å². The third kappa shape index (κ3) is 3.07. The van der Waals surface area contributed by atoms with Crippen molar-refractivity contribution in [3.05, 3.63) is 21.4 Å². The van der Waals surface area contributed by atoms with Crippen LogP contribution in [0, 0.1) is 0 Å². The van der Waals surface area contributed by atoms with Crippen molar-refractivity contribution >= 4 is 17.2 Å². The summed E-state index contributed by atoms with van der Waals surface area (Å²) in [6.45, 7) is 5.23. The van der Waals surface area contributed by atoms with Gasteiger partial charge in [-0.3, -0.25) is 9.69 Å². The maximum absolute atomic E-state index is 12.2. The summed E-state index contributed by atoms with van der Waals surface area (Å²) in [7, 11) is 0. The van der Waals surface area contributed by atoms with E-state index in [1.165, 1.54) is 49.1 Å². The second-order valence-corrected chi connectivity index (χ2v) is 7.19. The molecule has 1 amide bonds. The van der Waals surface area contributed by atoms with Gasteiger partial charge in [0.05, 0.1) is 4.88 Å². The van der Waals surface area contributed by atoms with Crippen molar-refractivity contribution in [2.45, 2.75) is 51.5 Å². The number of piperidine rings is 1. The summed E-state index contributed by atoms with van der Waals surface area (Å²) in [5.74, 6) is 0.120. The fourth-order valence-corrected chi connectivity index (χ4v) is 4.50. The van der Waals surface area contributed by atoms with E-state index in [1.807, 2.05) is 0 Å². The van der Waals surface area contributed by atoms with Crippen LogP contribution in [0.3, 0.4) is 0 Å². The van der Waals surface area contributed by atoms with Gasteiger partial charge in [0.2, 0.25) is 0 Å². The Bertz CT molecular complexity index is 461. The average molecular weight is 292 g/mol. The number of carbonyl (C=O) groups excluding carboxylic acids is 1. The first-order valence-corrected chi connectivity index (χ1v) is 8.69. The average Bonchev–Trinajstić information content (AvgIpc) is 3.01. The largest absolute Gasteiger partial charge is 0.350 e. The van der Waals surface area contributed by atoms with Crippen molar-refractivity contribution in [3.8, 4) is 0 Å². The molecule has 1 N–H and O–H groups in total. The third-order valence-electron chi connectivity index (χ3n) is 4.60. The van der Waals surface area contributed by atoms with Crippen molar-refractivity contribution in [1.29, 1.82) is 0 Å². The molecular formula is C16H24N2OS. The van der Waals surface area contributed by atoms with Gasteiger partial charge < -0.3 is 5.32 Å². The van der Waals surface area contributed by atoms with E-state index in [1.54, 1.807) is 11.3 Å². The Morgan fingerprint density at radius 1 is 1.40 bits per heavy atom. The monoisotopic (exact) mass is 292 g/mol. The van der Waals surface area contributed by atoms with E-state index in [0.29, 0.717) is 6.04 Å². The molecule has 3 nitrogen and oxygen atoms in total. The molecule has 2 heterocycles. The van der Waals surface area contributed by atoms with Crippen molar-refractivity contribution in [2.75, 3.05) is 19.6 Å². The van der Waals surface area contributed by atoms with Crippen LogP contribution >= 0.6 is 11.3 Å². The number of nitrogens with one attached hydrogen (secondary N) is 1. The van der Waals surface area contributed by atoms with Gasteiger partial charge >= 0.3 is 0 Å². The van der Waals surface area contributed by atoms with Gasteiger partial charge in [0.25, 0.3) is 5.91 Å². The van der Waals surface area contributed by atoms with Crippen molar-refractivity contribution < 1.29 is 4.79 Å². The molecule has 1 aliphatic heterocycles. The minimum absolute atomic E-state index is 0.120. The summed E-state index contributed by atoms with van der Waals surface area (Å²) in [4.78, 5) is 17.0. The second-order valence-electron chi connectivity index (χ2n) is 6.05. The molecular weight excluding hydrogens is 268 g/mol. The number of fused-ring (bicyclic) bond motifs is 1. The molecule has 110 valence electrons. The molecule has 0 bridgehead atoms. The van der Waals surface area contributed by atoms with Gasteiger partial charge in [-0.25, -0.2) is 0 Å². The van der Waals surface area contributed by atoms with Crippen molar-refractivity contribution in [2.24, 2.45) is 0 Å². The Labute approximate surface area is 125 Å². The molecule has 1 aromatic heterocycles. The lowest BCUT2D eigenvalue weighted by molar-refractivity contribution is 0.0942. The molecule has 20 heavy (non-hydrogen) atoms. The zero-order valence-corrected chi connectivity index (χ0v) is 13.1. The van der Waals surface area contributed by atoms with Crippen LogP contribution in [0.2, 0.25) is 0 Å². The molecule has 3 rings (SSSR count). The standard InChI is InChI=1S/C16H24N2OS/c1-12-5-2-3-9-18(12)10-8-17-16(19)15-11-13-6-4-7-14(13)20-15/h11-12H,2-10H2,1H3,(H,17,19). The molecule has 1 fully saturated rings. The van der Waals surface area contributed by atoms with Crippen LogP contribution < -0.4 is 5.32 Å². The fraction of sp³-hybridized carbons (Fsp3) is 0.688. The van der Waals surface area contributed by atoms with Crippen LogP contribution in [-0.2, 0) is 12.8 Å². The van der Waals surface area contributed by atoms with Gasteiger partial charge in [-0.05, 0) is 57.2 Å². The van der Waals surface area contributed by atoms with Gasteiger partial charge in [-0.2, -0.15) is 0 Å². The lowest BCUT2D eigenvalue weighted by Gasteiger charge is -2.33. The van der Waals surface area contributed by atoms with E-state index < -0.39 is 0 Å². The summed E-state index contributed by atoms with van der Waals surface area (Å²) in [5, 5.41) is 3.09. The van der Waals surface area contributed by atoms with E-state index in [0.717, 1.165) is 24.4 Å².